The Morgan fingerprint density at radius 1 is 1.57 bits per heavy atom. The van der Waals surface area contributed by atoms with Gasteiger partial charge in [-0.3, -0.25) is 10.3 Å². The van der Waals surface area contributed by atoms with Gasteiger partial charge in [-0.25, -0.2) is 0 Å². The third-order valence-corrected chi connectivity index (χ3v) is 1.70. The second-order valence-corrected chi connectivity index (χ2v) is 2.74. The molecule has 3 nitrogen and oxygen atoms in total. The minimum absolute atomic E-state index is 0.444. The van der Waals surface area contributed by atoms with E-state index in [1.807, 2.05) is 30.3 Å². The van der Waals surface area contributed by atoms with E-state index in [1.54, 1.807) is 13.3 Å². The summed E-state index contributed by atoms with van der Waals surface area (Å²) in [5, 5.41) is 8.52. The Balaban J connectivity index is 2.69. The van der Waals surface area contributed by atoms with Crippen molar-refractivity contribution < 1.29 is 4.84 Å². The molecule has 0 heterocycles. The second kappa shape index (κ2) is 5.79. The minimum atomic E-state index is 0.444. The molecule has 14 heavy (non-hydrogen) atoms. The average Bonchev–Trinajstić information content (AvgIpc) is 2.19. The molecule has 1 N–H and O–H groups in total. The monoisotopic (exact) mass is 188 g/mol. The molecule has 3 heteroatoms. The van der Waals surface area contributed by atoms with Gasteiger partial charge in [0.25, 0.3) is 0 Å². The van der Waals surface area contributed by atoms with E-state index in [9.17, 15) is 0 Å². The number of nitrogens with one attached hydrogen (secondary N) is 1. The van der Waals surface area contributed by atoms with E-state index in [2.05, 4.69) is 16.4 Å². The van der Waals surface area contributed by atoms with Crippen LogP contribution in [0.1, 0.15) is 11.1 Å². The van der Waals surface area contributed by atoms with Gasteiger partial charge in [-0.05, 0) is 17.2 Å². The predicted molar refractivity (Wildman–Crippen MR) is 54.9 cm³/mol. The number of rotatable bonds is 4. The maximum Gasteiger partial charge on any atom is 0.0669 e. The Morgan fingerprint density at radius 2 is 2.43 bits per heavy atom. The Labute approximate surface area is 83.6 Å². The number of benzene rings is 1. The zero-order valence-corrected chi connectivity index (χ0v) is 8.03. The van der Waals surface area contributed by atoms with E-state index in [0.29, 0.717) is 6.42 Å². The molecular formula is C11H12N2O. The van der Waals surface area contributed by atoms with Gasteiger partial charge in [0, 0.05) is 6.20 Å². The summed E-state index contributed by atoms with van der Waals surface area (Å²) in [4.78, 5) is 4.65. The van der Waals surface area contributed by atoms with Gasteiger partial charge in [-0.15, -0.1) is 0 Å². The molecule has 0 aliphatic heterocycles. The van der Waals surface area contributed by atoms with Crippen molar-refractivity contribution in [2.45, 2.75) is 6.42 Å². The zero-order valence-electron chi connectivity index (χ0n) is 8.03. The zero-order chi connectivity index (χ0) is 10.2. The Morgan fingerprint density at radius 3 is 3.14 bits per heavy atom. The summed E-state index contributed by atoms with van der Waals surface area (Å²) in [6.45, 7) is 0. The number of hydroxylamine groups is 1. The largest absolute Gasteiger partial charge is 0.280 e. The van der Waals surface area contributed by atoms with Gasteiger partial charge < -0.3 is 0 Å². The summed E-state index contributed by atoms with van der Waals surface area (Å²) in [6.07, 6.45) is 4.02. The average molecular weight is 188 g/mol. The first-order valence-electron chi connectivity index (χ1n) is 4.28. The maximum absolute atomic E-state index is 8.52. The molecule has 1 aromatic carbocycles. The van der Waals surface area contributed by atoms with Gasteiger partial charge in [-0.2, -0.15) is 5.26 Å². The minimum Gasteiger partial charge on any atom is -0.280 e. The van der Waals surface area contributed by atoms with Crippen LogP contribution in [0.2, 0.25) is 0 Å². The van der Waals surface area contributed by atoms with Crippen molar-refractivity contribution in [2.75, 3.05) is 7.11 Å². The molecule has 1 rings (SSSR count). The molecule has 0 aliphatic rings. The molecule has 0 bridgehead atoms. The fraction of sp³-hybridized carbons (Fsp3) is 0.182. The molecule has 0 unspecified atom stereocenters. The molecule has 0 aromatic heterocycles. The van der Waals surface area contributed by atoms with Gasteiger partial charge in [0.1, 0.15) is 0 Å². The number of nitriles is 1. The highest BCUT2D eigenvalue weighted by Gasteiger charge is 1.91. The summed E-state index contributed by atoms with van der Waals surface area (Å²) >= 11 is 0. The lowest BCUT2D eigenvalue weighted by atomic mass is 10.1. The van der Waals surface area contributed by atoms with E-state index in [1.165, 1.54) is 0 Å². The van der Waals surface area contributed by atoms with Gasteiger partial charge >= 0.3 is 0 Å². The molecule has 0 fully saturated rings. The van der Waals surface area contributed by atoms with Crippen LogP contribution in [0.25, 0.3) is 6.08 Å². The van der Waals surface area contributed by atoms with Crippen molar-refractivity contribution in [1.82, 2.24) is 5.48 Å². The van der Waals surface area contributed by atoms with Gasteiger partial charge in [0.2, 0.25) is 0 Å². The van der Waals surface area contributed by atoms with Gasteiger partial charge in [0.05, 0.1) is 19.6 Å². The van der Waals surface area contributed by atoms with Crippen LogP contribution >= 0.6 is 0 Å². The van der Waals surface area contributed by atoms with E-state index in [4.69, 9.17) is 5.26 Å². The summed E-state index contributed by atoms with van der Waals surface area (Å²) in [5.41, 5.74) is 4.67. The van der Waals surface area contributed by atoms with Crippen LogP contribution in [0.15, 0.2) is 30.5 Å². The lowest BCUT2D eigenvalue weighted by molar-refractivity contribution is 0.129. The van der Waals surface area contributed by atoms with Gasteiger partial charge in [-0.1, -0.05) is 24.3 Å². The van der Waals surface area contributed by atoms with E-state index in [0.717, 1.165) is 11.1 Å². The first-order chi connectivity index (χ1) is 6.86. The molecule has 0 saturated carbocycles. The van der Waals surface area contributed by atoms with Gasteiger partial charge in [0.15, 0.2) is 0 Å². The Bertz CT molecular complexity index is 353. The van der Waals surface area contributed by atoms with Crippen LogP contribution in [-0.4, -0.2) is 7.11 Å². The fourth-order valence-corrected chi connectivity index (χ4v) is 1.10. The quantitative estimate of drug-likeness (QED) is 0.734. The molecule has 0 spiro atoms. The highest BCUT2D eigenvalue weighted by atomic mass is 16.6. The third kappa shape index (κ3) is 3.30. The summed E-state index contributed by atoms with van der Waals surface area (Å²) in [7, 11) is 1.55. The fourth-order valence-electron chi connectivity index (χ4n) is 1.10. The first-order valence-corrected chi connectivity index (χ1v) is 4.28. The molecule has 0 radical (unpaired) electrons. The van der Waals surface area contributed by atoms with Crippen LogP contribution in [0, 0.1) is 11.3 Å². The molecule has 0 atom stereocenters. The van der Waals surface area contributed by atoms with Crippen LogP contribution in [0.4, 0.5) is 0 Å². The molecule has 1 aromatic rings. The number of hydrogen-bond acceptors (Lipinski definition) is 3. The Kier molecular flexibility index (Phi) is 4.25. The topological polar surface area (TPSA) is 45.0 Å². The molecule has 0 saturated heterocycles. The van der Waals surface area contributed by atoms with E-state index < -0.39 is 0 Å². The van der Waals surface area contributed by atoms with E-state index in [-0.39, 0.29) is 0 Å². The summed E-state index contributed by atoms with van der Waals surface area (Å²) < 4.78 is 0. The van der Waals surface area contributed by atoms with E-state index >= 15 is 0 Å². The standard InChI is InChI=1S/C11H12N2O/c1-14-13-8-6-11-4-2-3-10(9-11)5-7-12/h2-4,6,8-9,13H,5H2,1H3/b8-6-. The van der Waals surface area contributed by atoms with Crippen molar-refractivity contribution in [3.63, 3.8) is 0 Å². The Hall–Kier alpha value is -1.79. The summed E-state index contributed by atoms with van der Waals surface area (Å²) in [5.74, 6) is 0. The predicted octanol–water partition coefficient (Wildman–Crippen LogP) is 1.87. The van der Waals surface area contributed by atoms with Crippen LogP contribution < -0.4 is 5.48 Å². The van der Waals surface area contributed by atoms with Crippen molar-refractivity contribution in [2.24, 2.45) is 0 Å². The lowest BCUT2D eigenvalue weighted by Crippen LogP contribution is -1.99. The van der Waals surface area contributed by atoms with Crippen molar-refractivity contribution in [1.29, 1.82) is 5.26 Å². The highest BCUT2D eigenvalue weighted by Crippen LogP contribution is 2.06. The number of nitrogens with zero attached hydrogens (tertiary/aromatic N) is 1. The molecule has 72 valence electrons. The third-order valence-electron chi connectivity index (χ3n) is 1.70. The molecular weight excluding hydrogens is 176 g/mol. The van der Waals surface area contributed by atoms with Crippen LogP contribution in [0.5, 0.6) is 0 Å². The maximum atomic E-state index is 8.52. The smallest absolute Gasteiger partial charge is 0.0669 e. The molecule has 0 aliphatic carbocycles. The number of hydrogen-bond donors (Lipinski definition) is 1. The highest BCUT2D eigenvalue weighted by molar-refractivity contribution is 5.50. The van der Waals surface area contributed by atoms with Crippen molar-refractivity contribution in [3.8, 4) is 6.07 Å². The van der Waals surface area contributed by atoms with Crippen LogP contribution in [0.3, 0.4) is 0 Å². The lowest BCUT2D eigenvalue weighted by Gasteiger charge is -1.97. The second-order valence-electron chi connectivity index (χ2n) is 2.74. The van der Waals surface area contributed by atoms with Crippen molar-refractivity contribution >= 4 is 6.08 Å². The first kappa shape index (κ1) is 10.3. The SMILES string of the molecule is CON/C=C\c1cccc(CC#N)c1. The molecule has 0 amide bonds. The van der Waals surface area contributed by atoms with Crippen molar-refractivity contribution in [3.05, 3.63) is 41.6 Å². The normalized spacial score (nSPS) is 10.0. The summed E-state index contributed by atoms with van der Waals surface area (Å²) in [6, 6.07) is 9.91. The van der Waals surface area contributed by atoms with Crippen LogP contribution in [-0.2, 0) is 11.3 Å².